The van der Waals surface area contributed by atoms with Gasteiger partial charge in [-0.25, -0.2) is 4.98 Å². The number of ether oxygens (including phenoxy) is 1. The standard InChI is InChI=1S/C20H18Cl2F3N3O3/c21-15-4-2-1-3-13(15)9-18(30)31-12-17(29)27-5-7-28(8-6-27)19-16(22)10-14(11-26-19)20(23,24)25/h1-4,10-11H,5-9,12H2. The van der Waals surface area contributed by atoms with Crippen molar-refractivity contribution in [3.05, 3.63) is 57.7 Å². The van der Waals surface area contributed by atoms with Gasteiger partial charge >= 0.3 is 12.1 Å². The van der Waals surface area contributed by atoms with E-state index in [4.69, 9.17) is 27.9 Å². The average molecular weight is 476 g/mol. The number of carbonyl (C=O) groups excluding carboxylic acids is 2. The molecule has 1 saturated heterocycles. The number of anilines is 1. The Morgan fingerprint density at radius 2 is 1.74 bits per heavy atom. The second-order valence-electron chi connectivity index (χ2n) is 6.82. The predicted octanol–water partition coefficient (Wildman–Crippen LogP) is 3.84. The highest BCUT2D eigenvalue weighted by molar-refractivity contribution is 6.33. The number of benzene rings is 1. The van der Waals surface area contributed by atoms with Gasteiger partial charge in [-0.05, 0) is 17.7 Å². The summed E-state index contributed by atoms with van der Waals surface area (Å²) in [5.41, 5.74) is -0.315. The molecule has 1 aromatic heterocycles. The quantitative estimate of drug-likeness (QED) is 0.614. The van der Waals surface area contributed by atoms with Crippen molar-refractivity contribution in [3.63, 3.8) is 0 Å². The van der Waals surface area contributed by atoms with Crippen molar-refractivity contribution < 1.29 is 27.5 Å². The van der Waals surface area contributed by atoms with Crippen LogP contribution in [0, 0.1) is 0 Å². The lowest BCUT2D eigenvalue weighted by Crippen LogP contribution is -2.50. The minimum atomic E-state index is -4.52. The molecule has 3 rings (SSSR count). The average Bonchev–Trinajstić information content (AvgIpc) is 2.73. The van der Waals surface area contributed by atoms with Gasteiger partial charge < -0.3 is 14.5 Å². The summed E-state index contributed by atoms with van der Waals surface area (Å²) in [6.45, 7) is 0.844. The van der Waals surface area contributed by atoms with Crippen LogP contribution in [0.2, 0.25) is 10.0 Å². The van der Waals surface area contributed by atoms with Crippen LogP contribution in [0.4, 0.5) is 19.0 Å². The normalized spacial score (nSPS) is 14.5. The van der Waals surface area contributed by atoms with Crippen molar-refractivity contribution in [2.45, 2.75) is 12.6 Å². The zero-order chi connectivity index (χ0) is 22.6. The second kappa shape index (κ2) is 9.74. The summed E-state index contributed by atoms with van der Waals surface area (Å²) in [5, 5.41) is 0.334. The lowest BCUT2D eigenvalue weighted by Gasteiger charge is -2.35. The van der Waals surface area contributed by atoms with Gasteiger partial charge in [-0.1, -0.05) is 41.4 Å². The second-order valence-corrected chi connectivity index (χ2v) is 7.64. The van der Waals surface area contributed by atoms with Gasteiger partial charge in [0.25, 0.3) is 5.91 Å². The molecule has 2 heterocycles. The fourth-order valence-electron chi connectivity index (χ4n) is 3.07. The summed E-state index contributed by atoms with van der Waals surface area (Å²) in [5.74, 6) is -0.701. The number of rotatable bonds is 5. The minimum absolute atomic E-state index is 0.0428. The minimum Gasteiger partial charge on any atom is -0.455 e. The van der Waals surface area contributed by atoms with Crippen LogP contribution in [0.1, 0.15) is 11.1 Å². The molecule has 6 nitrogen and oxygen atoms in total. The molecule has 2 aromatic rings. The molecule has 1 aliphatic rings. The van der Waals surface area contributed by atoms with Crippen LogP contribution in [0.25, 0.3) is 0 Å². The molecule has 11 heteroatoms. The van der Waals surface area contributed by atoms with Crippen LogP contribution >= 0.6 is 23.2 Å². The Labute approximate surface area is 186 Å². The molecule has 1 amide bonds. The number of carbonyl (C=O) groups is 2. The summed E-state index contributed by atoms with van der Waals surface area (Å²) in [4.78, 5) is 31.3. The Hall–Kier alpha value is -2.52. The van der Waals surface area contributed by atoms with Crippen LogP contribution in [0.3, 0.4) is 0 Å². The fourth-order valence-corrected chi connectivity index (χ4v) is 3.56. The molecule has 0 unspecified atom stereocenters. The highest BCUT2D eigenvalue weighted by Gasteiger charge is 2.32. The van der Waals surface area contributed by atoms with E-state index < -0.39 is 24.3 Å². The van der Waals surface area contributed by atoms with Crippen LogP contribution < -0.4 is 4.90 Å². The maximum Gasteiger partial charge on any atom is 0.417 e. The number of esters is 1. The van der Waals surface area contributed by atoms with Gasteiger partial charge in [-0.3, -0.25) is 9.59 Å². The first-order valence-electron chi connectivity index (χ1n) is 9.29. The molecular weight excluding hydrogens is 458 g/mol. The van der Waals surface area contributed by atoms with E-state index in [-0.39, 0.29) is 23.2 Å². The van der Waals surface area contributed by atoms with E-state index in [0.717, 1.165) is 12.3 Å². The van der Waals surface area contributed by atoms with E-state index in [2.05, 4.69) is 4.98 Å². The monoisotopic (exact) mass is 475 g/mol. The van der Waals surface area contributed by atoms with Gasteiger partial charge in [-0.15, -0.1) is 0 Å². The number of alkyl halides is 3. The lowest BCUT2D eigenvalue weighted by atomic mass is 10.1. The van der Waals surface area contributed by atoms with Crippen LogP contribution in [0.5, 0.6) is 0 Å². The molecule has 1 aliphatic heterocycles. The Balaban J connectivity index is 1.49. The van der Waals surface area contributed by atoms with E-state index >= 15 is 0 Å². The van der Waals surface area contributed by atoms with E-state index in [9.17, 15) is 22.8 Å². The molecule has 0 N–H and O–H groups in total. The van der Waals surface area contributed by atoms with Crippen molar-refractivity contribution >= 4 is 40.9 Å². The molecule has 0 atom stereocenters. The molecular formula is C20H18Cl2F3N3O3. The molecule has 0 spiro atoms. The Bertz CT molecular complexity index is 964. The maximum atomic E-state index is 12.8. The maximum absolute atomic E-state index is 12.8. The zero-order valence-corrected chi connectivity index (χ0v) is 17.7. The number of pyridine rings is 1. The summed E-state index contributed by atoms with van der Waals surface area (Å²) in [7, 11) is 0. The highest BCUT2D eigenvalue weighted by Crippen LogP contribution is 2.33. The first-order chi connectivity index (χ1) is 14.6. The summed E-state index contributed by atoms with van der Waals surface area (Å²) in [6, 6.07) is 7.68. The molecule has 0 saturated carbocycles. The first kappa shape index (κ1) is 23.1. The number of hydrogen-bond donors (Lipinski definition) is 0. The lowest BCUT2D eigenvalue weighted by molar-refractivity contribution is -0.151. The third kappa shape index (κ3) is 6.01. The number of nitrogens with zero attached hydrogens (tertiary/aromatic N) is 3. The molecule has 0 aliphatic carbocycles. The van der Waals surface area contributed by atoms with Crippen molar-refractivity contribution in [2.75, 3.05) is 37.7 Å². The topological polar surface area (TPSA) is 62.7 Å². The number of aromatic nitrogens is 1. The molecule has 1 fully saturated rings. The largest absolute Gasteiger partial charge is 0.455 e. The number of halogens is 5. The summed E-state index contributed by atoms with van der Waals surface area (Å²) in [6.07, 6.45) is -3.83. The molecule has 0 bridgehead atoms. The zero-order valence-electron chi connectivity index (χ0n) is 16.2. The SMILES string of the molecule is O=C(Cc1ccccc1Cl)OCC(=O)N1CCN(c2ncc(C(F)(F)F)cc2Cl)CC1. The van der Waals surface area contributed by atoms with Crippen LogP contribution in [-0.2, 0) is 26.9 Å². The molecule has 0 radical (unpaired) electrons. The van der Waals surface area contributed by atoms with E-state index in [1.807, 2.05) is 0 Å². The van der Waals surface area contributed by atoms with Crippen LogP contribution in [-0.4, -0.2) is 54.5 Å². The van der Waals surface area contributed by atoms with Crippen molar-refractivity contribution in [2.24, 2.45) is 0 Å². The molecule has 1 aromatic carbocycles. The van der Waals surface area contributed by atoms with E-state index in [1.165, 1.54) is 4.90 Å². The van der Waals surface area contributed by atoms with Crippen LogP contribution in [0.15, 0.2) is 36.5 Å². The summed E-state index contributed by atoms with van der Waals surface area (Å²) >= 11 is 12.0. The molecule has 31 heavy (non-hydrogen) atoms. The van der Waals surface area contributed by atoms with Gasteiger partial charge in [0.15, 0.2) is 6.61 Å². The third-order valence-corrected chi connectivity index (χ3v) is 5.38. The van der Waals surface area contributed by atoms with Gasteiger partial charge in [-0.2, -0.15) is 13.2 Å². The fraction of sp³-hybridized carbons (Fsp3) is 0.350. The summed E-state index contributed by atoms with van der Waals surface area (Å²) < 4.78 is 43.3. The Kier molecular flexibility index (Phi) is 7.27. The number of amides is 1. The predicted molar refractivity (Wildman–Crippen MR) is 109 cm³/mol. The van der Waals surface area contributed by atoms with Crippen molar-refractivity contribution in [1.82, 2.24) is 9.88 Å². The van der Waals surface area contributed by atoms with Gasteiger partial charge in [0, 0.05) is 37.4 Å². The van der Waals surface area contributed by atoms with E-state index in [0.29, 0.717) is 36.8 Å². The van der Waals surface area contributed by atoms with Gasteiger partial charge in [0.2, 0.25) is 0 Å². The number of hydrogen-bond acceptors (Lipinski definition) is 5. The first-order valence-corrected chi connectivity index (χ1v) is 10.0. The Morgan fingerprint density at radius 1 is 1.06 bits per heavy atom. The van der Waals surface area contributed by atoms with Crippen molar-refractivity contribution in [3.8, 4) is 0 Å². The van der Waals surface area contributed by atoms with E-state index in [1.54, 1.807) is 29.2 Å². The van der Waals surface area contributed by atoms with Crippen molar-refractivity contribution in [1.29, 1.82) is 0 Å². The van der Waals surface area contributed by atoms with Gasteiger partial charge in [0.05, 0.1) is 17.0 Å². The number of piperazine rings is 1. The van der Waals surface area contributed by atoms with Gasteiger partial charge in [0.1, 0.15) is 5.82 Å². The Morgan fingerprint density at radius 3 is 2.35 bits per heavy atom. The third-order valence-electron chi connectivity index (χ3n) is 4.73. The molecule has 166 valence electrons. The highest BCUT2D eigenvalue weighted by atomic mass is 35.5. The smallest absolute Gasteiger partial charge is 0.417 e.